The van der Waals surface area contributed by atoms with Crippen molar-refractivity contribution in [2.24, 2.45) is 0 Å². The number of nitrogens with two attached hydrogens (primary N) is 1. The summed E-state index contributed by atoms with van der Waals surface area (Å²) in [4.78, 5) is -0.204. The fraction of sp³-hybridized carbons (Fsp3) is 0.316. The van der Waals surface area contributed by atoms with Gasteiger partial charge in [0.15, 0.2) is 5.82 Å². The standard InChI is InChI=1S/C19H19F3N4O3S/c1-10-6-12(30(28,29)26-9-19(21,22)7-11(26)8-27)2-3-13(10)14-4-5-15-16(17(14)20)18(23)25-24-15/h2-6,11,27H,7-9H2,1H3,(H3,23,24,25)/t11-/m0/s1. The zero-order valence-corrected chi connectivity index (χ0v) is 16.7. The Morgan fingerprint density at radius 3 is 2.67 bits per heavy atom. The molecule has 0 aliphatic carbocycles. The maximum Gasteiger partial charge on any atom is 0.263 e. The Hall–Kier alpha value is -2.63. The van der Waals surface area contributed by atoms with Crippen LogP contribution in [0.4, 0.5) is 19.0 Å². The smallest absolute Gasteiger partial charge is 0.263 e. The minimum Gasteiger partial charge on any atom is -0.395 e. The van der Waals surface area contributed by atoms with E-state index in [1.807, 2.05) is 0 Å². The number of alkyl halides is 2. The summed E-state index contributed by atoms with van der Waals surface area (Å²) in [5, 5.41) is 15.9. The van der Waals surface area contributed by atoms with Crippen molar-refractivity contribution in [3.05, 3.63) is 41.7 Å². The van der Waals surface area contributed by atoms with Crippen LogP contribution >= 0.6 is 0 Å². The largest absolute Gasteiger partial charge is 0.395 e. The number of aliphatic hydroxyl groups is 1. The molecule has 160 valence electrons. The predicted molar refractivity (Wildman–Crippen MR) is 105 cm³/mol. The van der Waals surface area contributed by atoms with E-state index in [0.717, 1.165) is 0 Å². The monoisotopic (exact) mass is 440 g/mol. The van der Waals surface area contributed by atoms with Gasteiger partial charge in [-0.15, -0.1) is 0 Å². The van der Waals surface area contributed by atoms with E-state index in [2.05, 4.69) is 10.2 Å². The number of aryl methyl sites for hydroxylation is 1. The Kier molecular flexibility index (Phi) is 4.79. The van der Waals surface area contributed by atoms with Gasteiger partial charge in [-0.1, -0.05) is 6.07 Å². The van der Waals surface area contributed by atoms with Crippen LogP contribution in [0.2, 0.25) is 0 Å². The third-order valence-corrected chi connectivity index (χ3v) is 7.22. The molecule has 1 atom stereocenters. The number of hydrogen-bond acceptors (Lipinski definition) is 5. The van der Waals surface area contributed by atoms with Gasteiger partial charge in [-0.2, -0.15) is 9.40 Å². The minimum absolute atomic E-state index is 0.00575. The van der Waals surface area contributed by atoms with Gasteiger partial charge >= 0.3 is 0 Å². The van der Waals surface area contributed by atoms with E-state index in [-0.39, 0.29) is 21.7 Å². The van der Waals surface area contributed by atoms with Gasteiger partial charge in [0, 0.05) is 12.0 Å². The van der Waals surface area contributed by atoms with Crippen LogP contribution in [0, 0.1) is 12.7 Å². The Labute approximate surface area is 170 Å². The maximum atomic E-state index is 15.0. The Morgan fingerprint density at radius 2 is 2.00 bits per heavy atom. The summed E-state index contributed by atoms with van der Waals surface area (Å²) < 4.78 is 69.0. The lowest BCUT2D eigenvalue weighted by Gasteiger charge is -2.22. The third-order valence-electron chi connectivity index (χ3n) is 5.33. The zero-order valence-electron chi connectivity index (χ0n) is 15.9. The van der Waals surface area contributed by atoms with E-state index in [9.17, 15) is 22.3 Å². The Balaban J connectivity index is 1.76. The van der Waals surface area contributed by atoms with Crippen molar-refractivity contribution in [2.45, 2.75) is 30.2 Å². The summed E-state index contributed by atoms with van der Waals surface area (Å²) in [5.41, 5.74) is 7.21. The summed E-state index contributed by atoms with van der Waals surface area (Å²) in [6, 6.07) is 5.90. The number of fused-ring (bicyclic) bond motifs is 1. The topological polar surface area (TPSA) is 112 Å². The van der Waals surface area contributed by atoms with Crippen LogP contribution < -0.4 is 5.73 Å². The number of anilines is 1. The molecule has 0 saturated carbocycles. The molecule has 0 spiro atoms. The molecule has 1 aliphatic rings. The number of aromatic amines is 1. The molecule has 1 saturated heterocycles. The highest BCUT2D eigenvalue weighted by molar-refractivity contribution is 7.89. The summed E-state index contributed by atoms with van der Waals surface area (Å²) in [7, 11) is -4.27. The van der Waals surface area contributed by atoms with Gasteiger partial charge < -0.3 is 10.8 Å². The number of H-pyrrole nitrogens is 1. The molecule has 4 N–H and O–H groups in total. The van der Waals surface area contributed by atoms with Crippen molar-refractivity contribution in [2.75, 3.05) is 18.9 Å². The van der Waals surface area contributed by atoms with Crippen molar-refractivity contribution in [1.82, 2.24) is 14.5 Å². The molecule has 1 aliphatic heterocycles. The molecule has 30 heavy (non-hydrogen) atoms. The number of rotatable bonds is 4. The molecule has 3 aromatic rings. The lowest BCUT2D eigenvalue weighted by atomic mass is 9.98. The Bertz CT molecular complexity index is 1240. The van der Waals surface area contributed by atoms with E-state index in [1.54, 1.807) is 13.0 Å². The number of aromatic nitrogens is 2. The lowest BCUT2D eigenvalue weighted by molar-refractivity contribution is 0.0161. The van der Waals surface area contributed by atoms with E-state index < -0.39 is 47.4 Å². The maximum absolute atomic E-state index is 15.0. The van der Waals surface area contributed by atoms with Gasteiger partial charge in [0.2, 0.25) is 10.0 Å². The average Bonchev–Trinajstić information content (AvgIpc) is 3.22. The summed E-state index contributed by atoms with van der Waals surface area (Å²) in [6.07, 6.45) is -0.739. The number of sulfonamides is 1. The molecule has 2 aromatic carbocycles. The highest BCUT2D eigenvalue weighted by Gasteiger charge is 2.49. The summed E-state index contributed by atoms with van der Waals surface area (Å²) >= 11 is 0. The Morgan fingerprint density at radius 1 is 1.30 bits per heavy atom. The van der Waals surface area contributed by atoms with Crippen molar-refractivity contribution >= 4 is 26.7 Å². The van der Waals surface area contributed by atoms with Crippen LogP contribution in [-0.4, -0.2) is 53.1 Å². The van der Waals surface area contributed by atoms with Crippen LogP contribution in [0.25, 0.3) is 22.0 Å². The molecule has 1 aromatic heterocycles. The van der Waals surface area contributed by atoms with Gasteiger partial charge in [0.25, 0.3) is 5.92 Å². The van der Waals surface area contributed by atoms with Crippen LogP contribution in [-0.2, 0) is 10.0 Å². The SMILES string of the molecule is Cc1cc(S(=O)(=O)N2CC(F)(F)C[C@H]2CO)ccc1-c1ccc2[nH]nc(N)c2c1F. The second kappa shape index (κ2) is 6.96. The summed E-state index contributed by atoms with van der Waals surface area (Å²) in [5.74, 6) is -3.80. The van der Waals surface area contributed by atoms with Gasteiger partial charge in [-0.05, 0) is 42.3 Å². The summed E-state index contributed by atoms with van der Waals surface area (Å²) in [6.45, 7) is -0.103. The lowest BCUT2D eigenvalue weighted by Crippen LogP contribution is -2.38. The first-order valence-corrected chi connectivity index (χ1v) is 10.5. The van der Waals surface area contributed by atoms with Crippen molar-refractivity contribution in [3.63, 3.8) is 0 Å². The quantitative estimate of drug-likeness (QED) is 0.578. The van der Waals surface area contributed by atoms with Gasteiger partial charge in [0.1, 0.15) is 5.82 Å². The first kappa shape index (κ1) is 20.6. The molecule has 2 heterocycles. The highest BCUT2D eigenvalue weighted by Crippen LogP contribution is 2.37. The van der Waals surface area contributed by atoms with E-state index in [4.69, 9.17) is 5.73 Å². The van der Waals surface area contributed by atoms with E-state index in [0.29, 0.717) is 20.9 Å². The molecule has 0 radical (unpaired) electrons. The van der Waals surface area contributed by atoms with Crippen molar-refractivity contribution in [1.29, 1.82) is 0 Å². The van der Waals surface area contributed by atoms with E-state index in [1.165, 1.54) is 24.3 Å². The van der Waals surface area contributed by atoms with Gasteiger partial charge in [0.05, 0.1) is 35.0 Å². The number of benzene rings is 2. The molecule has 0 amide bonds. The predicted octanol–water partition coefficient (Wildman–Crippen LogP) is 2.65. The molecule has 7 nitrogen and oxygen atoms in total. The average molecular weight is 440 g/mol. The second-order valence-electron chi connectivity index (χ2n) is 7.38. The second-order valence-corrected chi connectivity index (χ2v) is 9.27. The van der Waals surface area contributed by atoms with E-state index >= 15 is 4.39 Å². The van der Waals surface area contributed by atoms with Gasteiger partial charge in [-0.25, -0.2) is 21.6 Å². The molecule has 4 rings (SSSR count). The number of nitrogen functional groups attached to an aromatic ring is 1. The molecular formula is C19H19F3N4O3S. The number of aliphatic hydroxyl groups excluding tert-OH is 1. The number of nitrogens with zero attached hydrogens (tertiary/aromatic N) is 2. The normalized spacial score (nSPS) is 19.6. The third kappa shape index (κ3) is 3.22. The van der Waals surface area contributed by atoms with Crippen LogP contribution in [0.15, 0.2) is 35.2 Å². The van der Waals surface area contributed by atoms with Crippen molar-refractivity contribution < 1.29 is 26.7 Å². The minimum atomic E-state index is -4.27. The van der Waals surface area contributed by atoms with Crippen LogP contribution in [0.5, 0.6) is 0 Å². The molecule has 0 bridgehead atoms. The molecule has 11 heteroatoms. The van der Waals surface area contributed by atoms with Gasteiger partial charge in [-0.3, -0.25) is 5.10 Å². The van der Waals surface area contributed by atoms with Crippen LogP contribution in [0.1, 0.15) is 12.0 Å². The number of hydrogen-bond donors (Lipinski definition) is 3. The first-order valence-electron chi connectivity index (χ1n) is 9.09. The highest BCUT2D eigenvalue weighted by atomic mass is 32.2. The van der Waals surface area contributed by atoms with Crippen molar-refractivity contribution in [3.8, 4) is 11.1 Å². The number of nitrogens with one attached hydrogen (secondary N) is 1. The first-order chi connectivity index (χ1) is 14.0. The molecule has 1 fully saturated rings. The molecular weight excluding hydrogens is 421 g/mol. The zero-order chi connectivity index (χ0) is 21.8. The van der Waals surface area contributed by atoms with Crippen LogP contribution in [0.3, 0.4) is 0 Å². The fourth-order valence-electron chi connectivity index (χ4n) is 3.84. The fourth-order valence-corrected chi connectivity index (χ4v) is 5.57. The number of halogens is 3. The molecule has 0 unspecified atom stereocenters.